The number of benzene rings is 1. The molecule has 0 spiro atoms. The monoisotopic (exact) mass is 305 g/mol. The molecule has 0 bridgehead atoms. The van der Waals surface area contributed by atoms with Gasteiger partial charge in [0, 0.05) is 17.7 Å². The molecule has 0 aliphatic carbocycles. The standard InChI is InChI=1S/C15H19N3O2S/c1-15(2,3)13-12(21-18-17-13)14(20)16-11-6-4-10(5-7-11)8-9-19/h4-7,19H,8-9H2,1-3H3,(H,16,20). The molecular weight excluding hydrogens is 286 g/mol. The number of aliphatic hydroxyl groups excluding tert-OH is 1. The van der Waals surface area contributed by atoms with Crippen LogP contribution in [-0.2, 0) is 11.8 Å². The van der Waals surface area contributed by atoms with Gasteiger partial charge in [0.25, 0.3) is 5.91 Å². The van der Waals surface area contributed by atoms with Crippen molar-refractivity contribution in [3.05, 3.63) is 40.4 Å². The molecular formula is C15H19N3O2S. The Labute approximate surface area is 128 Å². The van der Waals surface area contributed by atoms with E-state index in [1.54, 1.807) is 0 Å². The normalized spacial score (nSPS) is 11.4. The Hall–Kier alpha value is -1.79. The van der Waals surface area contributed by atoms with Crippen molar-refractivity contribution in [2.24, 2.45) is 0 Å². The zero-order chi connectivity index (χ0) is 15.5. The molecule has 0 atom stereocenters. The fourth-order valence-corrected chi connectivity index (χ4v) is 2.67. The summed E-state index contributed by atoms with van der Waals surface area (Å²) < 4.78 is 3.89. The summed E-state index contributed by atoms with van der Waals surface area (Å²) in [4.78, 5) is 12.9. The first kappa shape index (κ1) is 15.6. The van der Waals surface area contributed by atoms with Gasteiger partial charge in [-0.2, -0.15) is 0 Å². The van der Waals surface area contributed by atoms with Crippen molar-refractivity contribution < 1.29 is 9.90 Å². The van der Waals surface area contributed by atoms with Gasteiger partial charge < -0.3 is 10.4 Å². The number of carbonyl (C=O) groups is 1. The average Bonchev–Trinajstić information content (AvgIpc) is 2.90. The van der Waals surface area contributed by atoms with Gasteiger partial charge in [0.2, 0.25) is 0 Å². The van der Waals surface area contributed by atoms with E-state index in [-0.39, 0.29) is 17.9 Å². The highest BCUT2D eigenvalue weighted by Gasteiger charge is 2.26. The second-order valence-electron chi connectivity index (χ2n) is 5.83. The van der Waals surface area contributed by atoms with Gasteiger partial charge in [-0.25, -0.2) is 0 Å². The molecule has 1 aromatic heterocycles. The molecule has 2 aromatic rings. The predicted octanol–water partition coefficient (Wildman–Crippen LogP) is 2.62. The number of nitrogens with one attached hydrogen (secondary N) is 1. The second-order valence-corrected chi connectivity index (χ2v) is 6.58. The van der Waals surface area contributed by atoms with Crippen LogP contribution in [0.15, 0.2) is 24.3 Å². The number of hydrogen-bond acceptors (Lipinski definition) is 5. The summed E-state index contributed by atoms with van der Waals surface area (Å²) in [5.41, 5.74) is 2.24. The third-order valence-corrected chi connectivity index (χ3v) is 3.74. The smallest absolute Gasteiger partial charge is 0.269 e. The van der Waals surface area contributed by atoms with Gasteiger partial charge >= 0.3 is 0 Å². The van der Waals surface area contributed by atoms with Crippen LogP contribution in [0.25, 0.3) is 0 Å². The average molecular weight is 305 g/mol. The lowest BCUT2D eigenvalue weighted by Crippen LogP contribution is -2.19. The Bertz CT molecular complexity index is 615. The summed E-state index contributed by atoms with van der Waals surface area (Å²) in [5.74, 6) is -0.190. The number of rotatable bonds is 4. The molecule has 0 saturated heterocycles. The van der Waals surface area contributed by atoms with Crippen molar-refractivity contribution in [2.45, 2.75) is 32.6 Å². The maximum absolute atomic E-state index is 12.3. The van der Waals surface area contributed by atoms with Crippen LogP contribution in [0.2, 0.25) is 0 Å². The quantitative estimate of drug-likeness (QED) is 0.910. The van der Waals surface area contributed by atoms with Crippen LogP contribution in [-0.4, -0.2) is 27.2 Å². The maximum Gasteiger partial charge on any atom is 0.269 e. The number of anilines is 1. The summed E-state index contributed by atoms with van der Waals surface area (Å²) in [6.45, 7) is 6.13. The van der Waals surface area contributed by atoms with Gasteiger partial charge in [-0.05, 0) is 35.6 Å². The largest absolute Gasteiger partial charge is 0.396 e. The third-order valence-electron chi connectivity index (χ3n) is 3.02. The van der Waals surface area contributed by atoms with Gasteiger partial charge in [0.1, 0.15) is 4.88 Å². The first-order valence-corrected chi connectivity index (χ1v) is 7.53. The fraction of sp³-hybridized carbons (Fsp3) is 0.400. The molecule has 0 aliphatic heterocycles. The van der Waals surface area contributed by atoms with Crippen LogP contribution >= 0.6 is 11.5 Å². The van der Waals surface area contributed by atoms with Gasteiger partial charge in [0.15, 0.2) is 0 Å². The minimum absolute atomic E-state index is 0.118. The van der Waals surface area contributed by atoms with Crippen molar-refractivity contribution in [3.8, 4) is 0 Å². The second kappa shape index (κ2) is 6.32. The lowest BCUT2D eigenvalue weighted by atomic mass is 9.91. The van der Waals surface area contributed by atoms with Crippen molar-refractivity contribution in [1.29, 1.82) is 0 Å². The fourth-order valence-electron chi connectivity index (χ4n) is 1.90. The van der Waals surface area contributed by atoms with E-state index >= 15 is 0 Å². The third kappa shape index (κ3) is 3.86. The van der Waals surface area contributed by atoms with E-state index < -0.39 is 0 Å². The van der Waals surface area contributed by atoms with Crippen molar-refractivity contribution in [2.75, 3.05) is 11.9 Å². The van der Waals surface area contributed by atoms with Crippen LogP contribution in [0.1, 0.15) is 41.7 Å². The topological polar surface area (TPSA) is 75.1 Å². The molecule has 0 aliphatic rings. The molecule has 2 rings (SSSR count). The predicted molar refractivity (Wildman–Crippen MR) is 83.8 cm³/mol. The number of aromatic nitrogens is 2. The minimum atomic E-state index is -0.218. The Balaban J connectivity index is 2.13. The molecule has 0 fully saturated rings. The molecule has 21 heavy (non-hydrogen) atoms. The van der Waals surface area contributed by atoms with Crippen LogP contribution in [0.3, 0.4) is 0 Å². The molecule has 5 nitrogen and oxygen atoms in total. The molecule has 112 valence electrons. The summed E-state index contributed by atoms with van der Waals surface area (Å²) in [6.07, 6.45) is 0.612. The number of aliphatic hydroxyl groups is 1. The number of nitrogens with zero attached hydrogens (tertiary/aromatic N) is 2. The van der Waals surface area contributed by atoms with Crippen LogP contribution in [0.5, 0.6) is 0 Å². The van der Waals surface area contributed by atoms with Gasteiger partial charge in [0.05, 0.1) is 5.69 Å². The van der Waals surface area contributed by atoms with E-state index in [0.29, 0.717) is 17.0 Å². The van der Waals surface area contributed by atoms with E-state index in [1.165, 1.54) is 0 Å². The Morgan fingerprint density at radius 1 is 1.29 bits per heavy atom. The maximum atomic E-state index is 12.3. The SMILES string of the molecule is CC(C)(C)c1nnsc1C(=O)Nc1ccc(CCO)cc1. The molecule has 0 saturated carbocycles. The molecule has 6 heteroatoms. The number of hydrogen-bond donors (Lipinski definition) is 2. The van der Waals surface area contributed by atoms with Crippen molar-refractivity contribution in [1.82, 2.24) is 9.59 Å². The summed E-state index contributed by atoms with van der Waals surface area (Å²) in [5, 5.41) is 15.8. The number of amides is 1. The zero-order valence-corrected chi connectivity index (χ0v) is 13.2. The summed E-state index contributed by atoms with van der Waals surface area (Å²) in [7, 11) is 0. The van der Waals surface area contributed by atoms with Gasteiger partial charge in [-0.15, -0.1) is 5.10 Å². The Kier molecular flexibility index (Phi) is 4.69. The van der Waals surface area contributed by atoms with E-state index in [0.717, 1.165) is 22.8 Å². The molecule has 0 radical (unpaired) electrons. The van der Waals surface area contributed by atoms with Crippen LogP contribution in [0.4, 0.5) is 5.69 Å². The molecule has 2 N–H and O–H groups in total. The summed E-state index contributed by atoms with van der Waals surface area (Å²) in [6, 6.07) is 7.44. The van der Waals surface area contributed by atoms with Crippen LogP contribution < -0.4 is 5.32 Å². The Morgan fingerprint density at radius 2 is 1.95 bits per heavy atom. The van der Waals surface area contributed by atoms with Crippen molar-refractivity contribution in [3.63, 3.8) is 0 Å². The number of carbonyl (C=O) groups excluding carboxylic acids is 1. The zero-order valence-electron chi connectivity index (χ0n) is 12.4. The highest BCUT2D eigenvalue weighted by atomic mass is 32.1. The molecule has 0 unspecified atom stereocenters. The van der Waals surface area contributed by atoms with E-state index in [4.69, 9.17) is 5.11 Å². The molecule has 1 heterocycles. The van der Waals surface area contributed by atoms with Gasteiger partial charge in [-0.3, -0.25) is 4.79 Å². The van der Waals surface area contributed by atoms with Crippen molar-refractivity contribution >= 4 is 23.1 Å². The minimum Gasteiger partial charge on any atom is -0.396 e. The lowest BCUT2D eigenvalue weighted by molar-refractivity contribution is 0.102. The summed E-state index contributed by atoms with van der Waals surface area (Å²) >= 11 is 1.11. The lowest BCUT2D eigenvalue weighted by Gasteiger charge is -2.16. The first-order chi connectivity index (χ1) is 9.91. The van der Waals surface area contributed by atoms with Gasteiger partial charge in [-0.1, -0.05) is 37.4 Å². The van der Waals surface area contributed by atoms with E-state index in [2.05, 4.69) is 14.9 Å². The van der Waals surface area contributed by atoms with E-state index in [9.17, 15) is 4.79 Å². The first-order valence-electron chi connectivity index (χ1n) is 6.76. The highest BCUT2D eigenvalue weighted by molar-refractivity contribution is 7.08. The Morgan fingerprint density at radius 3 is 2.52 bits per heavy atom. The van der Waals surface area contributed by atoms with Crippen LogP contribution in [0, 0.1) is 0 Å². The molecule has 1 amide bonds. The van der Waals surface area contributed by atoms with E-state index in [1.807, 2.05) is 45.0 Å². The highest BCUT2D eigenvalue weighted by Crippen LogP contribution is 2.26. The molecule has 1 aromatic carbocycles.